The smallest absolute Gasteiger partial charge is 0.124 e. The van der Waals surface area contributed by atoms with Gasteiger partial charge in [-0.3, -0.25) is 0 Å². The van der Waals surface area contributed by atoms with Gasteiger partial charge in [-0.05, 0) is 43.2 Å². The van der Waals surface area contributed by atoms with Crippen molar-refractivity contribution in [1.29, 1.82) is 0 Å². The second-order valence-corrected chi connectivity index (χ2v) is 4.89. The molecule has 0 heterocycles. The van der Waals surface area contributed by atoms with Crippen LogP contribution in [0.25, 0.3) is 0 Å². The van der Waals surface area contributed by atoms with Gasteiger partial charge < -0.3 is 10.5 Å². The standard InChI is InChI=1S/C16H18ClNO/c1-3-19-15-7-5-4-6-14(15)16(18)13-9-8-12(17)10-11(13)2/h4-10,16H,3,18H2,1-2H3. The van der Waals surface area contributed by atoms with Crippen molar-refractivity contribution in [1.82, 2.24) is 0 Å². The number of hydrogen-bond donors (Lipinski definition) is 1. The fourth-order valence-corrected chi connectivity index (χ4v) is 2.41. The third-order valence-corrected chi connectivity index (χ3v) is 3.36. The fourth-order valence-electron chi connectivity index (χ4n) is 2.18. The Morgan fingerprint density at radius 2 is 1.89 bits per heavy atom. The topological polar surface area (TPSA) is 35.2 Å². The van der Waals surface area contributed by atoms with E-state index in [0.29, 0.717) is 6.61 Å². The normalized spacial score (nSPS) is 12.2. The number of rotatable bonds is 4. The highest BCUT2D eigenvalue weighted by atomic mass is 35.5. The van der Waals surface area contributed by atoms with E-state index >= 15 is 0 Å². The summed E-state index contributed by atoms with van der Waals surface area (Å²) in [6.45, 7) is 4.61. The minimum absolute atomic E-state index is 0.208. The zero-order chi connectivity index (χ0) is 13.8. The predicted octanol–water partition coefficient (Wildman–Crippen LogP) is 4.10. The molecule has 2 nitrogen and oxygen atoms in total. The van der Waals surface area contributed by atoms with Crippen LogP contribution >= 0.6 is 11.6 Å². The van der Waals surface area contributed by atoms with Gasteiger partial charge in [-0.25, -0.2) is 0 Å². The first-order valence-electron chi connectivity index (χ1n) is 6.36. The quantitative estimate of drug-likeness (QED) is 0.912. The largest absolute Gasteiger partial charge is 0.494 e. The number of para-hydroxylation sites is 1. The predicted molar refractivity (Wildman–Crippen MR) is 79.8 cm³/mol. The van der Waals surface area contributed by atoms with Crippen molar-refractivity contribution in [2.24, 2.45) is 5.73 Å². The molecule has 0 amide bonds. The SMILES string of the molecule is CCOc1ccccc1C(N)c1ccc(Cl)cc1C. The summed E-state index contributed by atoms with van der Waals surface area (Å²) < 4.78 is 5.64. The van der Waals surface area contributed by atoms with Crippen molar-refractivity contribution >= 4 is 11.6 Å². The van der Waals surface area contributed by atoms with Crippen LogP contribution in [0.15, 0.2) is 42.5 Å². The first kappa shape index (κ1) is 13.9. The van der Waals surface area contributed by atoms with Gasteiger partial charge in [0.25, 0.3) is 0 Å². The molecular formula is C16H18ClNO. The summed E-state index contributed by atoms with van der Waals surface area (Å²) in [5.41, 5.74) is 9.53. The Labute approximate surface area is 119 Å². The van der Waals surface area contributed by atoms with Crippen molar-refractivity contribution in [2.75, 3.05) is 6.61 Å². The molecule has 0 saturated carbocycles. The lowest BCUT2D eigenvalue weighted by atomic mass is 9.95. The van der Waals surface area contributed by atoms with E-state index in [0.717, 1.165) is 27.5 Å². The Morgan fingerprint density at radius 3 is 2.58 bits per heavy atom. The third-order valence-electron chi connectivity index (χ3n) is 3.12. The highest BCUT2D eigenvalue weighted by Gasteiger charge is 2.15. The summed E-state index contributed by atoms with van der Waals surface area (Å²) in [4.78, 5) is 0. The lowest BCUT2D eigenvalue weighted by Crippen LogP contribution is -2.14. The summed E-state index contributed by atoms with van der Waals surface area (Å²) in [5.74, 6) is 0.840. The van der Waals surface area contributed by atoms with Crippen LogP contribution in [0, 0.1) is 6.92 Å². The number of hydrogen-bond acceptors (Lipinski definition) is 2. The molecule has 1 unspecified atom stereocenters. The Hall–Kier alpha value is -1.51. The molecule has 19 heavy (non-hydrogen) atoms. The van der Waals surface area contributed by atoms with E-state index < -0.39 is 0 Å². The van der Waals surface area contributed by atoms with E-state index in [1.165, 1.54) is 0 Å². The first-order valence-corrected chi connectivity index (χ1v) is 6.74. The summed E-state index contributed by atoms with van der Waals surface area (Å²) in [6.07, 6.45) is 0. The molecule has 0 aliphatic heterocycles. The molecule has 0 aliphatic carbocycles. The lowest BCUT2D eigenvalue weighted by Gasteiger charge is -2.18. The van der Waals surface area contributed by atoms with E-state index in [1.807, 2.05) is 56.3 Å². The van der Waals surface area contributed by atoms with Gasteiger partial charge in [0.05, 0.1) is 12.6 Å². The van der Waals surface area contributed by atoms with E-state index in [9.17, 15) is 0 Å². The van der Waals surface area contributed by atoms with Crippen LogP contribution in [0.4, 0.5) is 0 Å². The van der Waals surface area contributed by atoms with Crippen molar-refractivity contribution in [3.8, 4) is 5.75 Å². The second-order valence-electron chi connectivity index (χ2n) is 4.45. The number of benzene rings is 2. The van der Waals surface area contributed by atoms with Gasteiger partial charge in [0.2, 0.25) is 0 Å². The van der Waals surface area contributed by atoms with Gasteiger partial charge in [0.15, 0.2) is 0 Å². The molecule has 2 rings (SSSR count). The van der Waals surface area contributed by atoms with Crippen LogP contribution in [0.2, 0.25) is 5.02 Å². The van der Waals surface area contributed by atoms with Crippen LogP contribution in [0.3, 0.4) is 0 Å². The Bertz CT molecular complexity index is 568. The van der Waals surface area contributed by atoms with Gasteiger partial charge in [-0.15, -0.1) is 0 Å². The molecule has 2 aromatic carbocycles. The van der Waals surface area contributed by atoms with Crippen molar-refractivity contribution in [2.45, 2.75) is 19.9 Å². The molecule has 3 heteroatoms. The summed E-state index contributed by atoms with van der Waals surface area (Å²) in [7, 11) is 0. The van der Waals surface area contributed by atoms with Gasteiger partial charge in [-0.1, -0.05) is 35.9 Å². The molecule has 0 bridgehead atoms. The molecule has 0 fully saturated rings. The second kappa shape index (κ2) is 6.09. The first-order chi connectivity index (χ1) is 9.13. The van der Waals surface area contributed by atoms with Crippen LogP contribution < -0.4 is 10.5 Å². The number of ether oxygens (including phenoxy) is 1. The van der Waals surface area contributed by atoms with E-state index in [1.54, 1.807) is 0 Å². The maximum absolute atomic E-state index is 6.38. The van der Waals surface area contributed by atoms with Crippen molar-refractivity contribution in [3.63, 3.8) is 0 Å². The Morgan fingerprint density at radius 1 is 1.16 bits per heavy atom. The monoisotopic (exact) mass is 275 g/mol. The molecule has 0 radical (unpaired) electrons. The van der Waals surface area contributed by atoms with Crippen LogP contribution in [-0.2, 0) is 0 Å². The molecule has 1 atom stereocenters. The average Bonchev–Trinajstić information content (AvgIpc) is 2.39. The number of nitrogens with two attached hydrogens (primary N) is 1. The van der Waals surface area contributed by atoms with Gasteiger partial charge in [-0.2, -0.15) is 0 Å². The molecule has 0 spiro atoms. The molecule has 0 saturated heterocycles. The maximum Gasteiger partial charge on any atom is 0.124 e. The van der Waals surface area contributed by atoms with Crippen LogP contribution in [0.1, 0.15) is 29.7 Å². The number of halogens is 1. The van der Waals surface area contributed by atoms with Crippen molar-refractivity contribution < 1.29 is 4.74 Å². The van der Waals surface area contributed by atoms with Gasteiger partial charge >= 0.3 is 0 Å². The van der Waals surface area contributed by atoms with E-state index in [2.05, 4.69) is 0 Å². The summed E-state index contributed by atoms with van der Waals surface area (Å²) >= 11 is 5.98. The van der Waals surface area contributed by atoms with Crippen LogP contribution in [-0.4, -0.2) is 6.61 Å². The highest BCUT2D eigenvalue weighted by molar-refractivity contribution is 6.30. The highest BCUT2D eigenvalue weighted by Crippen LogP contribution is 2.30. The molecule has 100 valence electrons. The zero-order valence-corrected chi connectivity index (χ0v) is 11.9. The van der Waals surface area contributed by atoms with Crippen molar-refractivity contribution in [3.05, 3.63) is 64.2 Å². The molecule has 0 aromatic heterocycles. The van der Waals surface area contributed by atoms with Gasteiger partial charge in [0.1, 0.15) is 5.75 Å². The minimum Gasteiger partial charge on any atom is -0.494 e. The Balaban J connectivity index is 2.41. The Kier molecular flexibility index (Phi) is 4.46. The molecule has 0 aliphatic rings. The molecular weight excluding hydrogens is 258 g/mol. The fraction of sp³-hybridized carbons (Fsp3) is 0.250. The average molecular weight is 276 g/mol. The van der Waals surface area contributed by atoms with E-state index in [-0.39, 0.29) is 6.04 Å². The third kappa shape index (κ3) is 3.09. The molecule has 2 N–H and O–H groups in total. The summed E-state index contributed by atoms with van der Waals surface area (Å²) in [6, 6.07) is 13.4. The minimum atomic E-state index is -0.208. The molecule has 2 aromatic rings. The zero-order valence-electron chi connectivity index (χ0n) is 11.2. The summed E-state index contributed by atoms with van der Waals surface area (Å²) in [5, 5.41) is 0.728. The van der Waals surface area contributed by atoms with Gasteiger partial charge in [0, 0.05) is 10.6 Å². The van der Waals surface area contributed by atoms with Crippen LogP contribution in [0.5, 0.6) is 5.75 Å². The number of aryl methyl sites for hydroxylation is 1. The lowest BCUT2D eigenvalue weighted by molar-refractivity contribution is 0.335. The van der Waals surface area contributed by atoms with E-state index in [4.69, 9.17) is 22.1 Å². The maximum atomic E-state index is 6.38.